The van der Waals surface area contributed by atoms with Crippen LogP contribution in [0.4, 0.5) is 0 Å². The molecule has 0 amide bonds. The Labute approximate surface area is 87.2 Å². The Kier molecular flexibility index (Phi) is 3.37. The molecule has 80 valence electrons. The van der Waals surface area contributed by atoms with Gasteiger partial charge in [-0.05, 0) is 19.3 Å². The summed E-state index contributed by atoms with van der Waals surface area (Å²) in [7, 11) is 0. The summed E-state index contributed by atoms with van der Waals surface area (Å²) >= 11 is 5.92. The second-order valence-electron chi connectivity index (χ2n) is 3.50. The summed E-state index contributed by atoms with van der Waals surface area (Å²) in [6.45, 7) is 1.20. The van der Waals surface area contributed by atoms with Gasteiger partial charge in [-0.3, -0.25) is 4.79 Å². The number of carbonyl (C=O) groups excluding carboxylic acids is 1. The molecule has 1 aliphatic carbocycles. The highest BCUT2D eigenvalue weighted by molar-refractivity contribution is 6.23. The van der Waals surface area contributed by atoms with Crippen LogP contribution in [0.2, 0.25) is 0 Å². The van der Waals surface area contributed by atoms with Gasteiger partial charge in [0.15, 0.2) is 0 Å². The van der Waals surface area contributed by atoms with E-state index in [4.69, 9.17) is 21.4 Å². The van der Waals surface area contributed by atoms with Crippen molar-refractivity contribution in [3.8, 4) is 0 Å². The molecule has 0 spiro atoms. The Morgan fingerprint density at radius 3 is 2.57 bits per heavy atom. The van der Waals surface area contributed by atoms with Gasteiger partial charge in [0.2, 0.25) is 5.60 Å². The number of halogens is 1. The van der Waals surface area contributed by atoms with E-state index in [1.165, 1.54) is 6.92 Å². The van der Waals surface area contributed by atoms with Crippen molar-refractivity contribution in [2.24, 2.45) is 0 Å². The third-order valence-electron chi connectivity index (χ3n) is 2.45. The minimum atomic E-state index is -1.51. The van der Waals surface area contributed by atoms with Crippen molar-refractivity contribution in [1.29, 1.82) is 0 Å². The molecular formula is C9H13ClO4. The van der Waals surface area contributed by atoms with Crippen LogP contribution in [0.25, 0.3) is 0 Å². The molecule has 0 saturated heterocycles. The Bertz CT molecular complexity index is 253. The van der Waals surface area contributed by atoms with E-state index < -0.39 is 22.9 Å². The normalized spacial score (nSPS) is 32.3. The van der Waals surface area contributed by atoms with E-state index in [0.29, 0.717) is 12.8 Å². The summed E-state index contributed by atoms with van der Waals surface area (Å²) in [4.78, 5) is 21.9. The van der Waals surface area contributed by atoms with E-state index in [1.54, 1.807) is 0 Å². The maximum Gasteiger partial charge on any atom is 0.349 e. The van der Waals surface area contributed by atoms with E-state index in [1.807, 2.05) is 0 Å². The van der Waals surface area contributed by atoms with Gasteiger partial charge in [0, 0.05) is 6.92 Å². The van der Waals surface area contributed by atoms with Gasteiger partial charge >= 0.3 is 11.9 Å². The van der Waals surface area contributed by atoms with Gasteiger partial charge < -0.3 is 9.84 Å². The lowest BCUT2D eigenvalue weighted by Gasteiger charge is -2.36. The highest BCUT2D eigenvalue weighted by Gasteiger charge is 2.49. The fraction of sp³-hybridized carbons (Fsp3) is 0.778. The largest absolute Gasteiger partial charge is 0.478 e. The van der Waals surface area contributed by atoms with Crippen LogP contribution in [0.3, 0.4) is 0 Å². The number of hydrogen-bond acceptors (Lipinski definition) is 3. The molecule has 14 heavy (non-hydrogen) atoms. The van der Waals surface area contributed by atoms with Gasteiger partial charge in [-0.15, -0.1) is 11.6 Å². The average Bonchev–Trinajstić information content (AvgIpc) is 2.08. The standard InChI is InChI=1S/C9H13ClO4/c1-6(11)14-9(8(12)13)5-3-2-4-7(9)10/h7H,2-5H2,1H3,(H,12,13). The van der Waals surface area contributed by atoms with E-state index in [-0.39, 0.29) is 0 Å². The number of rotatable bonds is 2. The first-order chi connectivity index (χ1) is 6.49. The quantitative estimate of drug-likeness (QED) is 0.567. The van der Waals surface area contributed by atoms with Crippen LogP contribution in [-0.2, 0) is 14.3 Å². The van der Waals surface area contributed by atoms with Gasteiger partial charge in [-0.2, -0.15) is 0 Å². The van der Waals surface area contributed by atoms with E-state index >= 15 is 0 Å². The van der Waals surface area contributed by atoms with Crippen LogP contribution in [0.5, 0.6) is 0 Å². The molecule has 2 atom stereocenters. The zero-order valence-corrected chi connectivity index (χ0v) is 8.71. The van der Waals surface area contributed by atoms with Crippen LogP contribution in [0, 0.1) is 0 Å². The second-order valence-corrected chi connectivity index (χ2v) is 4.03. The predicted octanol–water partition coefficient (Wildman–Crippen LogP) is 1.55. The van der Waals surface area contributed by atoms with Gasteiger partial charge in [0.1, 0.15) is 0 Å². The van der Waals surface area contributed by atoms with Crippen molar-refractivity contribution in [3.63, 3.8) is 0 Å². The Hall–Kier alpha value is -0.770. The zero-order valence-electron chi connectivity index (χ0n) is 7.96. The molecule has 1 fully saturated rings. The van der Waals surface area contributed by atoms with Crippen LogP contribution < -0.4 is 0 Å². The van der Waals surface area contributed by atoms with Crippen LogP contribution in [-0.4, -0.2) is 28.0 Å². The molecule has 0 aromatic carbocycles. The molecule has 0 heterocycles. The van der Waals surface area contributed by atoms with Gasteiger partial charge in [-0.1, -0.05) is 6.42 Å². The van der Waals surface area contributed by atoms with Gasteiger partial charge in [-0.25, -0.2) is 4.79 Å². The summed E-state index contributed by atoms with van der Waals surface area (Å²) < 4.78 is 4.88. The molecule has 5 heteroatoms. The summed E-state index contributed by atoms with van der Waals surface area (Å²) in [5.74, 6) is -1.74. The number of esters is 1. The number of carboxylic acids is 1. The average molecular weight is 221 g/mol. The van der Waals surface area contributed by atoms with Gasteiger partial charge in [0.25, 0.3) is 0 Å². The molecule has 1 rings (SSSR count). The SMILES string of the molecule is CC(=O)OC1(C(=O)O)CCCCC1Cl. The third-order valence-corrected chi connectivity index (χ3v) is 3.02. The lowest BCUT2D eigenvalue weighted by molar-refractivity contribution is -0.180. The summed E-state index contributed by atoms with van der Waals surface area (Å²) in [6.07, 6.45) is 2.48. The number of hydrogen-bond donors (Lipinski definition) is 1. The number of carbonyl (C=O) groups is 2. The smallest absolute Gasteiger partial charge is 0.349 e. The maximum atomic E-state index is 11.1. The Balaban J connectivity index is 2.88. The summed E-state index contributed by atoms with van der Waals surface area (Å²) in [6, 6.07) is 0. The fourth-order valence-electron chi connectivity index (χ4n) is 1.76. The highest BCUT2D eigenvalue weighted by atomic mass is 35.5. The number of aliphatic carboxylic acids is 1. The van der Waals surface area contributed by atoms with Crippen molar-refractivity contribution in [3.05, 3.63) is 0 Å². The first kappa shape index (κ1) is 11.3. The predicted molar refractivity (Wildman–Crippen MR) is 50.2 cm³/mol. The molecule has 0 aliphatic heterocycles. The number of ether oxygens (including phenoxy) is 1. The Morgan fingerprint density at radius 1 is 1.50 bits per heavy atom. The third kappa shape index (κ3) is 2.00. The maximum absolute atomic E-state index is 11.1. The van der Waals surface area contributed by atoms with Crippen LogP contribution >= 0.6 is 11.6 Å². The van der Waals surface area contributed by atoms with Gasteiger partial charge in [0.05, 0.1) is 5.38 Å². The summed E-state index contributed by atoms with van der Waals surface area (Å²) in [5, 5.41) is 8.42. The minimum absolute atomic E-state index is 0.302. The van der Waals surface area contributed by atoms with Crippen LogP contribution in [0.15, 0.2) is 0 Å². The minimum Gasteiger partial charge on any atom is -0.478 e. The van der Waals surface area contributed by atoms with Crippen molar-refractivity contribution < 1.29 is 19.4 Å². The molecule has 0 aromatic heterocycles. The zero-order chi connectivity index (χ0) is 10.8. The topological polar surface area (TPSA) is 63.6 Å². The van der Waals surface area contributed by atoms with E-state index in [2.05, 4.69) is 0 Å². The lowest BCUT2D eigenvalue weighted by atomic mass is 9.84. The van der Waals surface area contributed by atoms with Crippen molar-refractivity contribution in [2.45, 2.75) is 43.6 Å². The summed E-state index contributed by atoms with van der Waals surface area (Å²) in [5.41, 5.74) is -1.51. The number of alkyl halides is 1. The molecule has 4 nitrogen and oxygen atoms in total. The van der Waals surface area contributed by atoms with Crippen molar-refractivity contribution >= 4 is 23.5 Å². The van der Waals surface area contributed by atoms with E-state index in [9.17, 15) is 9.59 Å². The molecule has 1 saturated carbocycles. The first-order valence-corrected chi connectivity index (χ1v) is 5.00. The number of carboxylic acid groups (broad SMARTS) is 1. The molecule has 1 aliphatic rings. The molecule has 0 aromatic rings. The fourth-order valence-corrected chi connectivity index (χ4v) is 2.16. The second kappa shape index (κ2) is 4.17. The Morgan fingerprint density at radius 2 is 2.14 bits per heavy atom. The monoisotopic (exact) mass is 220 g/mol. The first-order valence-electron chi connectivity index (χ1n) is 4.56. The molecule has 1 N–H and O–H groups in total. The highest BCUT2D eigenvalue weighted by Crippen LogP contribution is 2.36. The van der Waals surface area contributed by atoms with E-state index in [0.717, 1.165) is 12.8 Å². The lowest BCUT2D eigenvalue weighted by Crippen LogP contribution is -2.52. The molecule has 0 bridgehead atoms. The van der Waals surface area contributed by atoms with Crippen molar-refractivity contribution in [1.82, 2.24) is 0 Å². The van der Waals surface area contributed by atoms with Crippen molar-refractivity contribution in [2.75, 3.05) is 0 Å². The molecule has 2 unspecified atom stereocenters. The molecule has 0 radical (unpaired) electrons. The molecular weight excluding hydrogens is 208 g/mol. The van der Waals surface area contributed by atoms with Crippen LogP contribution in [0.1, 0.15) is 32.6 Å².